The van der Waals surface area contributed by atoms with Crippen molar-refractivity contribution in [1.29, 1.82) is 0 Å². The summed E-state index contributed by atoms with van der Waals surface area (Å²) in [6, 6.07) is 17.6. The minimum absolute atomic E-state index is 0.0302. The van der Waals surface area contributed by atoms with Crippen molar-refractivity contribution in [2.75, 3.05) is 11.9 Å². The lowest BCUT2D eigenvalue weighted by atomic mass is 10.1. The molecule has 4 aromatic rings. The molecule has 172 valence electrons. The molecule has 2 aromatic carbocycles. The number of nitrogens with zero attached hydrogens (tertiary/aromatic N) is 4. The molecule has 7 nitrogen and oxygen atoms in total. The minimum atomic E-state index is -0.265. The van der Waals surface area contributed by atoms with Gasteiger partial charge in [0.25, 0.3) is 5.91 Å². The Morgan fingerprint density at radius 2 is 2.00 bits per heavy atom. The quantitative estimate of drug-likeness (QED) is 0.427. The van der Waals surface area contributed by atoms with E-state index in [0.29, 0.717) is 36.7 Å². The van der Waals surface area contributed by atoms with E-state index < -0.39 is 0 Å². The van der Waals surface area contributed by atoms with Gasteiger partial charge in [-0.2, -0.15) is 5.10 Å². The van der Waals surface area contributed by atoms with E-state index in [-0.39, 0.29) is 17.8 Å². The van der Waals surface area contributed by atoms with Gasteiger partial charge in [-0.25, -0.2) is 9.37 Å². The molecule has 34 heavy (non-hydrogen) atoms. The minimum Gasteiger partial charge on any atom is -0.381 e. The maximum Gasteiger partial charge on any atom is 0.254 e. The number of anilines is 1. The van der Waals surface area contributed by atoms with Gasteiger partial charge >= 0.3 is 0 Å². The largest absolute Gasteiger partial charge is 0.381 e. The number of carbonyl (C=O) groups excluding carboxylic acids is 1. The van der Waals surface area contributed by atoms with Crippen LogP contribution in [0.25, 0.3) is 0 Å². The zero-order valence-electron chi connectivity index (χ0n) is 18.6. The van der Waals surface area contributed by atoms with Crippen molar-refractivity contribution in [2.24, 2.45) is 0 Å². The zero-order valence-corrected chi connectivity index (χ0v) is 18.6. The predicted octanol–water partition coefficient (Wildman–Crippen LogP) is 4.52. The summed E-state index contributed by atoms with van der Waals surface area (Å²) >= 11 is 0. The highest BCUT2D eigenvalue weighted by molar-refractivity contribution is 5.95. The first kappa shape index (κ1) is 21.8. The van der Waals surface area contributed by atoms with Gasteiger partial charge in [0.2, 0.25) is 0 Å². The molecule has 0 aliphatic carbocycles. The number of rotatable bonds is 7. The first-order chi connectivity index (χ1) is 16.7. The molecule has 1 saturated heterocycles. The van der Waals surface area contributed by atoms with Gasteiger partial charge in [0.1, 0.15) is 11.6 Å². The van der Waals surface area contributed by atoms with E-state index in [2.05, 4.69) is 25.5 Å². The Hall–Kier alpha value is -4.07. The number of halogens is 1. The van der Waals surface area contributed by atoms with Crippen LogP contribution in [0.1, 0.15) is 52.0 Å². The molecule has 1 aliphatic heterocycles. The normalized spacial score (nSPS) is 15.4. The maximum atomic E-state index is 13.4. The molecule has 0 radical (unpaired) electrons. The van der Waals surface area contributed by atoms with E-state index in [1.165, 1.54) is 12.1 Å². The highest BCUT2D eigenvalue weighted by Crippen LogP contribution is 2.31. The number of hydrogen-bond acceptors (Lipinski definition) is 5. The van der Waals surface area contributed by atoms with Gasteiger partial charge in [0.05, 0.1) is 6.04 Å². The number of benzene rings is 2. The van der Waals surface area contributed by atoms with Crippen LogP contribution in [0.15, 0.2) is 73.1 Å². The second-order valence-electron chi connectivity index (χ2n) is 8.40. The molecule has 0 bridgehead atoms. The smallest absolute Gasteiger partial charge is 0.254 e. The van der Waals surface area contributed by atoms with Crippen LogP contribution in [0.5, 0.6) is 0 Å². The van der Waals surface area contributed by atoms with Crippen LogP contribution in [0.2, 0.25) is 0 Å². The molecule has 1 atom stereocenters. The summed E-state index contributed by atoms with van der Waals surface area (Å²) in [5.74, 6) is 1.02. The monoisotopic (exact) mass is 456 g/mol. The van der Waals surface area contributed by atoms with Crippen molar-refractivity contribution in [1.82, 2.24) is 25.1 Å². The number of H-pyrrole nitrogens is 1. The van der Waals surface area contributed by atoms with Crippen molar-refractivity contribution in [3.8, 4) is 0 Å². The van der Waals surface area contributed by atoms with Gasteiger partial charge in [-0.15, -0.1) is 0 Å². The summed E-state index contributed by atoms with van der Waals surface area (Å²) in [6.45, 7) is 1.30. The number of hydrogen-bond donors (Lipinski definition) is 2. The molecule has 3 heterocycles. The van der Waals surface area contributed by atoms with Crippen molar-refractivity contribution in [2.45, 2.75) is 31.8 Å². The van der Waals surface area contributed by atoms with Gasteiger partial charge in [0.15, 0.2) is 5.82 Å². The highest BCUT2D eigenvalue weighted by Gasteiger charge is 2.33. The summed E-state index contributed by atoms with van der Waals surface area (Å²) < 4.78 is 13.2. The van der Waals surface area contributed by atoms with Gasteiger partial charge in [0, 0.05) is 43.2 Å². The third-order valence-corrected chi connectivity index (χ3v) is 5.97. The summed E-state index contributed by atoms with van der Waals surface area (Å²) in [4.78, 5) is 24.0. The molecule has 8 heteroatoms. The molecule has 1 aliphatic rings. The summed E-state index contributed by atoms with van der Waals surface area (Å²) in [7, 11) is 0. The number of nitrogens with one attached hydrogen (secondary N) is 2. The van der Waals surface area contributed by atoms with E-state index in [9.17, 15) is 9.18 Å². The second kappa shape index (κ2) is 9.82. The number of likely N-dealkylation sites (tertiary alicyclic amines) is 1. The van der Waals surface area contributed by atoms with Gasteiger partial charge in [-0.3, -0.25) is 14.9 Å². The average molecular weight is 457 g/mol. The van der Waals surface area contributed by atoms with Crippen molar-refractivity contribution in [3.05, 3.63) is 107 Å². The van der Waals surface area contributed by atoms with E-state index in [1.807, 2.05) is 47.5 Å². The Morgan fingerprint density at radius 3 is 2.82 bits per heavy atom. The Balaban J connectivity index is 1.27. The summed E-state index contributed by atoms with van der Waals surface area (Å²) in [5, 5.41) is 10.7. The Kier molecular flexibility index (Phi) is 6.29. The number of amides is 1. The number of aromatic amines is 1. The Morgan fingerprint density at radius 1 is 1.12 bits per heavy atom. The van der Waals surface area contributed by atoms with Gasteiger partial charge < -0.3 is 10.2 Å². The molecular formula is C26H25FN6O. The Labute approximate surface area is 197 Å². The third kappa shape index (κ3) is 4.96. The fourth-order valence-corrected chi connectivity index (χ4v) is 4.25. The van der Waals surface area contributed by atoms with Crippen LogP contribution in [0.4, 0.5) is 10.1 Å². The molecular weight excluding hydrogens is 431 g/mol. The summed E-state index contributed by atoms with van der Waals surface area (Å²) in [6.07, 6.45) is 5.81. The molecule has 5 rings (SSSR count). The fourth-order valence-electron chi connectivity index (χ4n) is 4.25. The van der Waals surface area contributed by atoms with Crippen LogP contribution in [-0.2, 0) is 13.0 Å². The van der Waals surface area contributed by atoms with Gasteiger partial charge in [-0.05, 0) is 60.4 Å². The van der Waals surface area contributed by atoms with Crippen LogP contribution in [0, 0.1) is 5.82 Å². The molecule has 0 unspecified atom stereocenters. The van der Waals surface area contributed by atoms with Crippen LogP contribution >= 0.6 is 0 Å². The fraction of sp³-hybridized carbons (Fsp3) is 0.231. The lowest BCUT2D eigenvalue weighted by molar-refractivity contribution is 0.0730. The van der Waals surface area contributed by atoms with Crippen LogP contribution in [0.3, 0.4) is 0 Å². The first-order valence-corrected chi connectivity index (χ1v) is 11.3. The lowest BCUT2D eigenvalue weighted by Gasteiger charge is -2.23. The van der Waals surface area contributed by atoms with Crippen LogP contribution < -0.4 is 5.32 Å². The number of aromatic nitrogens is 4. The van der Waals surface area contributed by atoms with E-state index >= 15 is 0 Å². The zero-order chi connectivity index (χ0) is 23.3. The number of carbonyl (C=O) groups is 1. The topological polar surface area (TPSA) is 86.8 Å². The first-order valence-electron chi connectivity index (χ1n) is 11.3. The van der Waals surface area contributed by atoms with E-state index in [0.717, 1.165) is 29.7 Å². The maximum absolute atomic E-state index is 13.4. The van der Waals surface area contributed by atoms with Crippen molar-refractivity contribution < 1.29 is 9.18 Å². The van der Waals surface area contributed by atoms with Gasteiger partial charge in [-0.1, -0.05) is 24.3 Å². The molecule has 0 spiro atoms. The number of pyridine rings is 1. The highest BCUT2D eigenvalue weighted by atomic mass is 19.1. The molecule has 1 amide bonds. The average Bonchev–Trinajstić information content (AvgIpc) is 3.54. The SMILES string of the molecule is O=C(c1cccc(NCc2cccnc2)c1)N1CCC[C@@H]1c1n[nH]c(Cc2ccc(F)cc2)n1. The Bertz CT molecular complexity index is 1260. The van der Waals surface area contributed by atoms with Crippen molar-refractivity contribution >= 4 is 11.6 Å². The van der Waals surface area contributed by atoms with E-state index in [4.69, 9.17) is 0 Å². The summed E-state index contributed by atoms with van der Waals surface area (Å²) in [5.41, 5.74) is 3.52. The second-order valence-corrected chi connectivity index (χ2v) is 8.40. The lowest BCUT2D eigenvalue weighted by Crippen LogP contribution is -2.31. The molecule has 2 N–H and O–H groups in total. The predicted molar refractivity (Wildman–Crippen MR) is 127 cm³/mol. The third-order valence-electron chi connectivity index (χ3n) is 5.97. The standard InChI is InChI=1S/C26H25FN6O/c27-21-10-8-18(9-11-21)14-24-30-25(32-31-24)23-7-3-13-33(23)26(34)20-5-1-6-22(15-20)29-17-19-4-2-12-28-16-19/h1-2,4-6,8-12,15-16,23,29H,3,7,13-14,17H2,(H,30,31,32)/t23-/m1/s1. The van der Waals surface area contributed by atoms with E-state index in [1.54, 1.807) is 18.3 Å². The van der Waals surface area contributed by atoms with Crippen LogP contribution in [-0.4, -0.2) is 37.5 Å². The van der Waals surface area contributed by atoms with Crippen molar-refractivity contribution in [3.63, 3.8) is 0 Å². The molecule has 1 fully saturated rings. The molecule has 0 saturated carbocycles. The molecule has 2 aromatic heterocycles.